The van der Waals surface area contributed by atoms with Crippen molar-refractivity contribution in [2.45, 2.75) is 399 Å². The van der Waals surface area contributed by atoms with E-state index in [0.717, 1.165) is 70.6 Å². The third kappa shape index (κ3) is 68.0. The molecule has 0 saturated carbocycles. The first kappa shape index (κ1) is 78.4. The molecule has 1 unspecified atom stereocenters. The molecule has 474 valence electrons. The van der Waals surface area contributed by atoms with E-state index >= 15 is 0 Å². The van der Waals surface area contributed by atoms with Crippen molar-refractivity contribution in [2.75, 3.05) is 13.2 Å². The lowest BCUT2D eigenvalue weighted by molar-refractivity contribution is -0.167. The Balaban J connectivity index is 4.13. The fraction of sp³-hybridized carbons (Fsp3) is 0.853. The highest BCUT2D eigenvalue weighted by molar-refractivity contribution is 5.71. The molecule has 0 saturated heterocycles. The molecule has 0 bridgehead atoms. The first-order chi connectivity index (χ1) is 40.0. The van der Waals surface area contributed by atoms with Crippen LogP contribution in [0.1, 0.15) is 393 Å². The molecule has 0 aromatic rings. The number of carbonyl (C=O) groups is 3. The van der Waals surface area contributed by atoms with Gasteiger partial charge < -0.3 is 14.2 Å². The molecule has 0 aromatic heterocycles. The molecule has 0 aliphatic carbocycles. The fourth-order valence-electron chi connectivity index (χ4n) is 10.8. The molecular weight excluding hydrogens is 997 g/mol. The second-order valence-electron chi connectivity index (χ2n) is 24.5. The Hall–Kier alpha value is -2.63. The Morgan fingerprint density at radius 3 is 0.728 bits per heavy atom. The van der Waals surface area contributed by atoms with E-state index in [-0.39, 0.29) is 31.1 Å². The number of hydrogen-bond acceptors (Lipinski definition) is 6. The molecule has 0 heterocycles. The van der Waals surface area contributed by atoms with Crippen LogP contribution in [0.4, 0.5) is 0 Å². The number of rotatable bonds is 67. The van der Waals surface area contributed by atoms with E-state index in [2.05, 4.69) is 69.4 Å². The van der Waals surface area contributed by atoms with Crippen LogP contribution in [0.2, 0.25) is 0 Å². The maximum Gasteiger partial charge on any atom is 0.306 e. The molecular formula is C75H138O6. The summed E-state index contributed by atoms with van der Waals surface area (Å²) in [4.78, 5) is 38.4. The number of allylic oxidation sites excluding steroid dienone is 8. The summed E-state index contributed by atoms with van der Waals surface area (Å²) < 4.78 is 17.0. The van der Waals surface area contributed by atoms with Crippen LogP contribution in [-0.2, 0) is 28.6 Å². The average Bonchev–Trinajstić information content (AvgIpc) is 3.47. The zero-order chi connectivity index (χ0) is 58.5. The van der Waals surface area contributed by atoms with E-state index in [0.29, 0.717) is 19.3 Å². The largest absolute Gasteiger partial charge is 0.462 e. The number of hydrogen-bond donors (Lipinski definition) is 0. The van der Waals surface area contributed by atoms with Crippen molar-refractivity contribution in [1.82, 2.24) is 0 Å². The third-order valence-corrected chi connectivity index (χ3v) is 16.3. The summed E-state index contributed by atoms with van der Waals surface area (Å²) >= 11 is 0. The van der Waals surface area contributed by atoms with Gasteiger partial charge in [-0.1, -0.05) is 326 Å². The number of esters is 3. The van der Waals surface area contributed by atoms with Crippen molar-refractivity contribution >= 4 is 17.9 Å². The van der Waals surface area contributed by atoms with E-state index in [1.165, 1.54) is 283 Å². The van der Waals surface area contributed by atoms with Gasteiger partial charge in [0, 0.05) is 19.3 Å². The minimum absolute atomic E-state index is 0.0737. The number of ether oxygens (including phenoxy) is 3. The fourth-order valence-corrected chi connectivity index (χ4v) is 10.8. The van der Waals surface area contributed by atoms with Gasteiger partial charge in [0.15, 0.2) is 6.10 Å². The van der Waals surface area contributed by atoms with Crippen LogP contribution in [0, 0.1) is 0 Å². The zero-order valence-electron chi connectivity index (χ0n) is 54.6. The van der Waals surface area contributed by atoms with Gasteiger partial charge in [0.1, 0.15) is 13.2 Å². The smallest absolute Gasteiger partial charge is 0.306 e. The van der Waals surface area contributed by atoms with Crippen molar-refractivity contribution < 1.29 is 28.6 Å². The Kier molecular flexibility index (Phi) is 67.6. The molecule has 0 amide bonds. The van der Waals surface area contributed by atoms with Crippen LogP contribution < -0.4 is 0 Å². The Morgan fingerprint density at radius 2 is 0.457 bits per heavy atom. The molecule has 6 heteroatoms. The topological polar surface area (TPSA) is 78.9 Å². The molecule has 81 heavy (non-hydrogen) atoms. The molecule has 6 nitrogen and oxygen atoms in total. The Morgan fingerprint density at radius 1 is 0.247 bits per heavy atom. The number of unbranched alkanes of at least 4 members (excludes halogenated alkanes) is 48. The van der Waals surface area contributed by atoms with Crippen molar-refractivity contribution in [1.29, 1.82) is 0 Å². The lowest BCUT2D eigenvalue weighted by atomic mass is 10.0. The molecule has 0 spiro atoms. The minimum Gasteiger partial charge on any atom is -0.462 e. The highest BCUT2D eigenvalue weighted by Gasteiger charge is 2.19. The quantitative estimate of drug-likeness (QED) is 0.0261. The van der Waals surface area contributed by atoms with Gasteiger partial charge in [0.2, 0.25) is 0 Å². The summed E-state index contributed by atoms with van der Waals surface area (Å²) in [7, 11) is 0. The monoisotopic (exact) mass is 1140 g/mol. The van der Waals surface area contributed by atoms with Gasteiger partial charge in [-0.3, -0.25) is 14.4 Å². The van der Waals surface area contributed by atoms with Crippen LogP contribution in [-0.4, -0.2) is 37.2 Å². The summed E-state index contributed by atoms with van der Waals surface area (Å²) in [6, 6.07) is 0. The van der Waals surface area contributed by atoms with Crippen LogP contribution in [0.3, 0.4) is 0 Å². The van der Waals surface area contributed by atoms with E-state index in [9.17, 15) is 14.4 Å². The maximum absolute atomic E-state index is 12.9. The van der Waals surface area contributed by atoms with Crippen LogP contribution in [0.25, 0.3) is 0 Å². The SMILES string of the molecule is CCCC/C=C\CCCCCCCC(=O)OCC(COC(=O)CCCCCCCCCCCCCCCCCCCCC/C=C\CCCCCCCCCC)OC(=O)CCCCCCCCCCC/C=C\C/C=C\CCCCCCC. The normalized spacial score (nSPS) is 12.3. The molecule has 0 fully saturated rings. The summed E-state index contributed by atoms with van der Waals surface area (Å²) in [5.41, 5.74) is 0. The second-order valence-corrected chi connectivity index (χ2v) is 24.5. The molecule has 1 atom stereocenters. The first-order valence-corrected chi connectivity index (χ1v) is 36.1. The van der Waals surface area contributed by atoms with Gasteiger partial charge in [-0.15, -0.1) is 0 Å². The average molecular weight is 1140 g/mol. The van der Waals surface area contributed by atoms with Gasteiger partial charge in [0.25, 0.3) is 0 Å². The van der Waals surface area contributed by atoms with Gasteiger partial charge in [-0.25, -0.2) is 0 Å². The first-order valence-electron chi connectivity index (χ1n) is 36.1. The highest BCUT2D eigenvalue weighted by atomic mass is 16.6. The summed E-state index contributed by atoms with van der Waals surface area (Å²) in [5.74, 6) is -0.865. The standard InChI is InChI=1S/C75H138O6/c1-4-7-10-13-16-19-22-24-26-28-30-32-33-34-35-36-37-38-39-40-41-43-44-46-48-50-53-56-59-62-65-68-74(77)80-71-72(70-79-73(76)67-64-61-58-55-52-21-18-15-12-9-6-3)81-75(78)69-66-63-60-57-54-51-49-47-45-42-31-29-27-25-23-20-17-14-11-8-5-2/h15,18,23,25,28-31,72H,4-14,16-17,19-22,24,26-27,32-71H2,1-3H3/b18-15-,25-23-,30-28-,31-29-. The predicted octanol–water partition coefficient (Wildman–Crippen LogP) is 24.9. The van der Waals surface area contributed by atoms with Gasteiger partial charge in [0.05, 0.1) is 0 Å². The third-order valence-electron chi connectivity index (χ3n) is 16.3. The van der Waals surface area contributed by atoms with Crippen LogP contribution >= 0.6 is 0 Å². The molecule has 0 aliphatic rings. The van der Waals surface area contributed by atoms with Crippen molar-refractivity contribution in [3.8, 4) is 0 Å². The molecule has 0 aliphatic heterocycles. The summed E-state index contributed by atoms with van der Waals surface area (Å²) in [6.07, 6.45) is 88.7. The highest BCUT2D eigenvalue weighted by Crippen LogP contribution is 2.18. The van der Waals surface area contributed by atoms with Crippen LogP contribution in [0.15, 0.2) is 48.6 Å². The van der Waals surface area contributed by atoms with Crippen molar-refractivity contribution in [2.24, 2.45) is 0 Å². The maximum atomic E-state index is 12.9. The molecule has 0 rings (SSSR count). The molecule has 0 aromatic carbocycles. The van der Waals surface area contributed by atoms with Crippen molar-refractivity contribution in [3.05, 3.63) is 48.6 Å². The van der Waals surface area contributed by atoms with E-state index in [1.807, 2.05) is 0 Å². The summed E-state index contributed by atoms with van der Waals surface area (Å²) in [5, 5.41) is 0. The lowest BCUT2D eigenvalue weighted by Crippen LogP contribution is -2.30. The predicted molar refractivity (Wildman–Crippen MR) is 353 cm³/mol. The van der Waals surface area contributed by atoms with Crippen LogP contribution in [0.5, 0.6) is 0 Å². The summed E-state index contributed by atoms with van der Waals surface area (Å²) in [6.45, 7) is 6.64. The van der Waals surface area contributed by atoms with Crippen molar-refractivity contribution in [3.63, 3.8) is 0 Å². The van der Waals surface area contributed by atoms with Gasteiger partial charge >= 0.3 is 17.9 Å². The zero-order valence-corrected chi connectivity index (χ0v) is 54.6. The van der Waals surface area contributed by atoms with E-state index < -0.39 is 6.10 Å². The second kappa shape index (κ2) is 69.9. The number of carbonyl (C=O) groups excluding carboxylic acids is 3. The Labute approximate surface area is 505 Å². The van der Waals surface area contributed by atoms with E-state index in [1.54, 1.807) is 0 Å². The van der Waals surface area contributed by atoms with E-state index in [4.69, 9.17) is 14.2 Å². The molecule has 0 radical (unpaired) electrons. The van der Waals surface area contributed by atoms with Gasteiger partial charge in [-0.2, -0.15) is 0 Å². The van der Waals surface area contributed by atoms with Gasteiger partial charge in [-0.05, 0) is 96.3 Å². The lowest BCUT2D eigenvalue weighted by Gasteiger charge is -2.18. The Bertz CT molecular complexity index is 1400. The molecule has 0 N–H and O–H groups in total. The minimum atomic E-state index is -0.778.